The lowest BCUT2D eigenvalue weighted by Crippen LogP contribution is -2.28. The Labute approximate surface area is 108 Å². The highest BCUT2D eigenvalue weighted by molar-refractivity contribution is 5.35. The Balaban J connectivity index is 1.82. The highest BCUT2D eigenvalue weighted by Crippen LogP contribution is 2.26. The summed E-state index contributed by atoms with van der Waals surface area (Å²) in [5.41, 5.74) is 4.20. The lowest BCUT2D eigenvalue weighted by Gasteiger charge is -2.26. The van der Waals surface area contributed by atoms with Crippen molar-refractivity contribution in [3.8, 4) is 5.75 Å². The maximum atomic E-state index is 5.19. The molecule has 0 radical (unpaired) electrons. The van der Waals surface area contributed by atoms with E-state index in [0.717, 1.165) is 18.7 Å². The van der Waals surface area contributed by atoms with E-state index in [4.69, 9.17) is 4.74 Å². The standard InChI is InChI=1S/C16H17NO/c1-18-15-8-6-12(7-9-15)16-10-13-4-2-3-5-14(13)11-17-16/h2-9,16-17H,10-11H2,1H3/t16-/m0/s1. The zero-order valence-corrected chi connectivity index (χ0v) is 10.5. The number of hydrogen-bond acceptors (Lipinski definition) is 2. The van der Waals surface area contributed by atoms with Crippen molar-refractivity contribution in [3.63, 3.8) is 0 Å². The Morgan fingerprint density at radius 1 is 1.00 bits per heavy atom. The minimum Gasteiger partial charge on any atom is -0.497 e. The van der Waals surface area contributed by atoms with Crippen molar-refractivity contribution < 1.29 is 4.74 Å². The number of ether oxygens (including phenoxy) is 1. The molecule has 0 fully saturated rings. The van der Waals surface area contributed by atoms with Gasteiger partial charge in [0.25, 0.3) is 0 Å². The Morgan fingerprint density at radius 2 is 1.72 bits per heavy atom. The van der Waals surface area contributed by atoms with Crippen LogP contribution >= 0.6 is 0 Å². The smallest absolute Gasteiger partial charge is 0.118 e. The quantitative estimate of drug-likeness (QED) is 0.869. The van der Waals surface area contributed by atoms with Gasteiger partial charge in [-0.1, -0.05) is 36.4 Å². The van der Waals surface area contributed by atoms with E-state index in [-0.39, 0.29) is 0 Å². The van der Waals surface area contributed by atoms with Gasteiger partial charge in [-0.3, -0.25) is 0 Å². The first-order chi connectivity index (χ1) is 8.86. The third-order valence-electron chi connectivity index (χ3n) is 3.60. The molecule has 1 heterocycles. The highest BCUT2D eigenvalue weighted by atomic mass is 16.5. The fourth-order valence-electron chi connectivity index (χ4n) is 2.53. The largest absolute Gasteiger partial charge is 0.497 e. The second-order valence-corrected chi connectivity index (χ2v) is 4.68. The van der Waals surface area contributed by atoms with E-state index in [9.17, 15) is 0 Å². The van der Waals surface area contributed by atoms with Gasteiger partial charge in [0.15, 0.2) is 0 Å². The summed E-state index contributed by atoms with van der Waals surface area (Å²) < 4.78 is 5.19. The van der Waals surface area contributed by atoms with Crippen molar-refractivity contribution in [1.82, 2.24) is 5.32 Å². The summed E-state index contributed by atoms with van der Waals surface area (Å²) in [4.78, 5) is 0. The van der Waals surface area contributed by atoms with Crippen LogP contribution in [0.15, 0.2) is 48.5 Å². The Kier molecular flexibility index (Phi) is 3.03. The zero-order valence-electron chi connectivity index (χ0n) is 10.5. The molecule has 92 valence electrons. The van der Waals surface area contributed by atoms with Gasteiger partial charge < -0.3 is 10.1 Å². The van der Waals surface area contributed by atoms with Crippen LogP contribution in [0.25, 0.3) is 0 Å². The van der Waals surface area contributed by atoms with E-state index in [1.165, 1.54) is 16.7 Å². The number of nitrogens with one attached hydrogen (secondary N) is 1. The molecule has 1 atom stereocenters. The average molecular weight is 239 g/mol. The fraction of sp³-hybridized carbons (Fsp3) is 0.250. The molecular weight excluding hydrogens is 222 g/mol. The fourth-order valence-corrected chi connectivity index (χ4v) is 2.53. The first-order valence-electron chi connectivity index (χ1n) is 6.31. The summed E-state index contributed by atoms with van der Waals surface area (Å²) in [6.45, 7) is 0.951. The summed E-state index contributed by atoms with van der Waals surface area (Å²) in [5, 5.41) is 3.59. The Morgan fingerprint density at radius 3 is 2.44 bits per heavy atom. The summed E-state index contributed by atoms with van der Waals surface area (Å²) in [6.07, 6.45) is 1.06. The predicted octanol–water partition coefficient (Wildman–Crippen LogP) is 3.08. The van der Waals surface area contributed by atoms with Crippen LogP contribution in [0, 0.1) is 0 Å². The van der Waals surface area contributed by atoms with Crippen molar-refractivity contribution in [3.05, 3.63) is 65.2 Å². The molecule has 0 amide bonds. The summed E-state index contributed by atoms with van der Waals surface area (Å²) in [7, 11) is 1.70. The second-order valence-electron chi connectivity index (χ2n) is 4.68. The van der Waals surface area contributed by atoms with Gasteiger partial charge in [-0.25, -0.2) is 0 Å². The molecule has 1 aliphatic heterocycles. The van der Waals surface area contributed by atoms with Crippen LogP contribution in [0.2, 0.25) is 0 Å². The molecule has 2 aromatic carbocycles. The van der Waals surface area contributed by atoms with Crippen LogP contribution in [-0.4, -0.2) is 7.11 Å². The van der Waals surface area contributed by atoms with Gasteiger partial charge in [-0.2, -0.15) is 0 Å². The summed E-state index contributed by atoms with van der Waals surface area (Å²) in [5.74, 6) is 0.912. The molecule has 0 unspecified atom stereocenters. The molecule has 0 aromatic heterocycles. The van der Waals surface area contributed by atoms with Gasteiger partial charge >= 0.3 is 0 Å². The number of rotatable bonds is 2. The van der Waals surface area contributed by atoms with Gasteiger partial charge in [-0.05, 0) is 35.2 Å². The topological polar surface area (TPSA) is 21.3 Å². The number of benzene rings is 2. The van der Waals surface area contributed by atoms with E-state index in [2.05, 4.69) is 41.7 Å². The van der Waals surface area contributed by atoms with Crippen LogP contribution in [0.3, 0.4) is 0 Å². The third kappa shape index (κ3) is 2.12. The van der Waals surface area contributed by atoms with Crippen molar-refractivity contribution in [1.29, 1.82) is 0 Å². The Hall–Kier alpha value is -1.80. The minimum absolute atomic E-state index is 0.408. The van der Waals surface area contributed by atoms with Gasteiger partial charge in [-0.15, -0.1) is 0 Å². The van der Waals surface area contributed by atoms with Crippen LogP contribution in [0.4, 0.5) is 0 Å². The molecule has 0 saturated carbocycles. The van der Waals surface area contributed by atoms with Crippen molar-refractivity contribution in [2.24, 2.45) is 0 Å². The first-order valence-corrected chi connectivity index (χ1v) is 6.31. The molecule has 0 saturated heterocycles. The normalized spacial score (nSPS) is 18.2. The highest BCUT2D eigenvalue weighted by Gasteiger charge is 2.18. The molecular formula is C16H17NO. The Bertz CT molecular complexity index is 533. The van der Waals surface area contributed by atoms with E-state index in [0.29, 0.717) is 6.04 Å². The zero-order chi connectivity index (χ0) is 12.4. The predicted molar refractivity (Wildman–Crippen MR) is 72.7 cm³/mol. The number of methoxy groups -OCH3 is 1. The SMILES string of the molecule is COc1ccc([C@@H]2Cc3ccccc3CN2)cc1. The van der Waals surface area contributed by atoms with Gasteiger partial charge in [0.05, 0.1) is 7.11 Å². The van der Waals surface area contributed by atoms with Crippen molar-refractivity contribution >= 4 is 0 Å². The number of fused-ring (bicyclic) bond motifs is 1. The maximum absolute atomic E-state index is 5.19. The summed E-state index contributed by atoms with van der Waals surface area (Å²) in [6, 6.07) is 17.4. The third-order valence-corrected chi connectivity index (χ3v) is 3.60. The van der Waals surface area contributed by atoms with Crippen LogP contribution < -0.4 is 10.1 Å². The molecule has 0 bridgehead atoms. The average Bonchev–Trinajstić information content (AvgIpc) is 2.47. The molecule has 18 heavy (non-hydrogen) atoms. The van der Waals surface area contributed by atoms with Gasteiger partial charge in [0.2, 0.25) is 0 Å². The van der Waals surface area contributed by atoms with Gasteiger partial charge in [0, 0.05) is 12.6 Å². The lowest BCUT2D eigenvalue weighted by molar-refractivity contribution is 0.414. The van der Waals surface area contributed by atoms with Crippen molar-refractivity contribution in [2.45, 2.75) is 19.0 Å². The maximum Gasteiger partial charge on any atom is 0.118 e. The van der Waals surface area contributed by atoms with E-state index in [1.807, 2.05) is 12.1 Å². The minimum atomic E-state index is 0.408. The molecule has 2 nitrogen and oxygen atoms in total. The molecule has 2 aromatic rings. The first kappa shape index (κ1) is 11.3. The van der Waals surface area contributed by atoms with E-state index >= 15 is 0 Å². The molecule has 2 heteroatoms. The van der Waals surface area contributed by atoms with E-state index < -0.39 is 0 Å². The van der Waals surface area contributed by atoms with Crippen LogP contribution in [-0.2, 0) is 13.0 Å². The molecule has 1 N–H and O–H groups in total. The number of hydrogen-bond donors (Lipinski definition) is 1. The van der Waals surface area contributed by atoms with Crippen LogP contribution in [0.1, 0.15) is 22.7 Å². The van der Waals surface area contributed by atoms with Gasteiger partial charge in [0.1, 0.15) is 5.75 Å². The van der Waals surface area contributed by atoms with Crippen LogP contribution in [0.5, 0.6) is 5.75 Å². The molecule has 3 rings (SSSR count). The monoisotopic (exact) mass is 239 g/mol. The van der Waals surface area contributed by atoms with Crippen molar-refractivity contribution in [2.75, 3.05) is 7.11 Å². The molecule has 1 aliphatic rings. The molecule has 0 aliphatic carbocycles. The second kappa shape index (κ2) is 4.83. The van der Waals surface area contributed by atoms with E-state index in [1.54, 1.807) is 7.11 Å². The lowest BCUT2D eigenvalue weighted by atomic mass is 9.92. The molecule has 0 spiro atoms. The summed E-state index contributed by atoms with van der Waals surface area (Å²) >= 11 is 0.